The van der Waals surface area contributed by atoms with Crippen molar-refractivity contribution in [3.05, 3.63) is 34.9 Å². The van der Waals surface area contributed by atoms with Crippen molar-refractivity contribution >= 4 is 11.6 Å². The lowest BCUT2D eigenvalue weighted by molar-refractivity contribution is 0.558. The number of hydrogen-bond donors (Lipinski definition) is 1. The molecule has 2 heteroatoms. The molecule has 0 aromatic heterocycles. The van der Waals surface area contributed by atoms with Crippen LogP contribution in [0.2, 0.25) is 0 Å². The summed E-state index contributed by atoms with van der Waals surface area (Å²) in [6, 6.07) is 0.686. The van der Waals surface area contributed by atoms with E-state index in [4.69, 9.17) is 11.6 Å². The van der Waals surface area contributed by atoms with Gasteiger partial charge in [0.05, 0.1) is 0 Å². The summed E-state index contributed by atoms with van der Waals surface area (Å²) in [4.78, 5) is 0. The van der Waals surface area contributed by atoms with Crippen LogP contribution in [0.15, 0.2) is 34.9 Å². The standard InChI is InChI=1S/C15H22ClN/c1-2-12-10-14(16)7-4-3-6-13(12)11-15-8-5-9-17-15/h4,6-7,10,12,15,17H,2-3,5,8-9,11H2,1H3/b7-4?,13-6-,14-10-. The summed E-state index contributed by atoms with van der Waals surface area (Å²) in [7, 11) is 0. The number of nitrogens with one attached hydrogen (secondary N) is 1. The van der Waals surface area contributed by atoms with Gasteiger partial charge in [-0.1, -0.05) is 42.3 Å². The molecule has 2 rings (SSSR count). The van der Waals surface area contributed by atoms with Crippen molar-refractivity contribution in [2.75, 3.05) is 6.54 Å². The Morgan fingerprint density at radius 1 is 1.47 bits per heavy atom. The smallest absolute Gasteiger partial charge is 0.0369 e. The minimum absolute atomic E-state index is 0.523. The first-order valence-corrected chi connectivity index (χ1v) is 7.13. The molecule has 1 N–H and O–H groups in total. The molecule has 0 bridgehead atoms. The molecule has 0 saturated carbocycles. The van der Waals surface area contributed by atoms with E-state index >= 15 is 0 Å². The van der Waals surface area contributed by atoms with Crippen molar-refractivity contribution < 1.29 is 0 Å². The lowest BCUT2D eigenvalue weighted by Crippen LogP contribution is -2.23. The first-order chi connectivity index (χ1) is 8.29. The lowest BCUT2D eigenvalue weighted by atomic mass is 9.88. The predicted octanol–water partition coefficient (Wildman–Crippen LogP) is 4.16. The highest BCUT2D eigenvalue weighted by Crippen LogP contribution is 2.28. The maximum atomic E-state index is 6.18. The molecule has 0 aromatic rings. The van der Waals surface area contributed by atoms with Gasteiger partial charge in [0, 0.05) is 11.1 Å². The molecule has 2 unspecified atom stereocenters. The molecule has 1 heterocycles. The van der Waals surface area contributed by atoms with Gasteiger partial charge >= 0.3 is 0 Å². The number of hydrogen-bond acceptors (Lipinski definition) is 1. The van der Waals surface area contributed by atoms with Crippen LogP contribution in [-0.2, 0) is 0 Å². The monoisotopic (exact) mass is 251 g/mol. The molecule has 1 aliphatic carbocycles. The molecule has 2 aliphatic rings. The highest BCUT2D eigenvalue weighted by Gasteiger charge is 2.19. The summed E-state index contributed by atoms with van der Waals surface area (Å²) in [5, 5.41) is 4.47. The topological polar surface area (TPSA) is 12.0 Å². The number of rotatable bonds is 3. The van der Waals surface area contributed by atoms with Gasteiger partial charge in [-0.3, -0.25) is 0 Å². The van der Waals surface area contributed by atoms with E-state index in [0.29, 0.717) is 12.0 Å². The zero-order valence-corrected chi connectivity index (χ0v) is 11.3. The maximum Gasteiger partial charge on any atom is 0.0369 e. The summed E-state index contributed by atoms with van der Waals surface area (Å²) < 4.78 is 0. The Labute approximate surface area is 110 Å². The van der Waals surface area contributed by atoms with Gasteiger partial charge in [-0.15, -0.1) is 0 Å². The molecule has 1 nitrogen and oxygen atoms in total. The van der Waals surface area contributed by atoms with Crippen molar-refractivity contribution in [1.29, 1.82) is 0 Å². The fourth-order valence-corrected chi connectivity index (χ4v) is 2.98. The van der Waals surface area contributed by atoms with Crippen LogP contribution < -0.4 is 5.32 Å². The molecule has 0 aromatic carbocycles. The Bertz CT molecular complexity index is 335. The quantitative estimate of drug-likeness (QED) is 0.743. The third-order valence-electron chi connectivity index (χ3n) is 3.71. The Morgan fingerprint density at radius 2 is 2.35 bits per heavy atom. The van der Waals surface area contributed by atoms with Crippen LogP contribution in [0.1, 0.15) is 39.0 Å². The zero-order valence-electron chi connectivity index (χ0n) is 10.6. The van der Waals surface area contributed by atoms with E-state index in [1.807, 2.05) is 6.08 Å². The second-order valence-electron chi connectivity index (χ2n) is 4.98. The zero-order chi connectivity index (χ0) is 12.1. The Kier molecular flexibility index (Phi) is 4.87. The first-order valence-electron chi connectivity index (χ1n) is 6.75. The highest BCUT2D eigenvalue weighted by atomic mass is 35.5. The minimum atomic E-state index is 0.523. The van der Waals surface area contributed by atoms with Crippen LogP contribution >= 0.6 is 11.6 Å². The van der Waals surface area contributed by atoms with Crippen molar-refractivity contribution in [3.63, 3.8) is 0 Å². The minimum Gasteiger partial charge on any atom is -0.314 e. The molecule has 0 spiro atoms. The lowest BCUT2D eigenvalue weighted by Gasteiger charge is -2.20. The predicted molar refractivity (Wildman–Crippen MR) is 75.2 cm³/mol. The summed E-state index contributed by atoms with van der Waals surface area (Å²) in [5.41, 5.74) is 1.56. The Morgan fingerprint density at radius 3 is 3.06 bits per heavy atom. The number of allylic oxidation sites excluding steroid dienone is 5. The van der Waals surface area contributed by atoms with Crippen molar-refractivity contribution in [2.45, 2.75) is 45.1 Å². The van der Waals surface area contributed by atoms with E-state index in [2.05, 4.69) is 30.5 Å². The van der Waals surface area contributed by atoms with Crippen LogP contribution in [0.5, 0.6) is 0 Å². The SMILES string of the molecule is CCC1/C=C(\Cl)C=CC/C=C\1CC1CCCN1. The average molecular weight is 252 g/mol. The van der Waals surface area contributed by atoms with Gasteiger partial charge in [-0.05, 0) is 50.6 Å². The molecule has 94 valence electrons. The van der Waals surface area contributed by atoms with Crippen molar-refractivity contribution in [1.82, 2.24) is 5.32 Å². The maximum absolute atomic E-state index is 6.18. The molecule has 0 amide bonds. The van der Waals surface area contributed by atoms with E-state index in [1.165, 1.54) is 25.8 Å². The fourth-order valence-electron chi connectivity index (χ4n) is 2.74. The largest absolute Gasteiger partial charge is 0.314 e. The van der Waals surface area contributed by atoms with Crippen LogP contribution in [0, 0.1) is 5.92 Å². The fraction of sp³-hybridized carbons (Fsp3) is 0.600. The molecule has 1 aliphatic heterocycles. The third-order valence-corrected chi connectivity index (χ3v) is 3.97. The highest BCUT2D eigenvalue weighted by molar-refractivity contribution is 6.31. The number of halogens is 1. The van der Waals surface area contributed by atoms with Crippen LogP contribution in [0.3, 0.4) is 0 Å². The normalized spacial score (nSPS) is 35.6. The van der Waals surface area contributed by atoms with Gasteiger partial charge < -0.3 is 5.32 Å². The van der Waals surface area contributed by atoms with E-state index in [0.717, 1.165) is 17.9 Å². The summed E-state index contributed by atoms with van der Waals surface area (Å²) in [5.74, 6) is 0.523. The molecular weight excluding hydrogens is 230 g/mol. The molecular formula is C15H22ClN. The van der Waals surface area contributed by atoms with Gasteiger partial charge in [0.2, 0.25) is 0 Å². The van der Waals surface area contributed by atoms with Gasteiger partial charge in [0.25, 0.3) is 0 Å². The van der Waals surface area contributed by atoms with E-state index in [9.17, 15) is 0 Å². The van der Waals surface area contributed by atoms with Crippen molar-refractivity contribution in [2.24, 2.45) is 5.92 Å². The summed E-state index contributed by atoms with van der Waals surface area (Å²) in [6.45, 7) is 3.43. The second kappa shape index (κ2) is 6.42. The summed E-state index contributed by atoms with van der Waals surface area (Å²) >= 11 is 6.18. The van der Waals surface area contributed by atoms with E-state index in [-0.39, 0.29) is 0 Å². The second-order valence-corrected chi connectivity index (χ2v) is 5.42. The third kappa shape index (κ3) is 3.72. The van der Waals surface area contributed by atoms with E-state index in [1.54, 1.807) is 5.57 Å². The van der Waals surface area contributed by atoms with Crippen molar-refractivity contribution in [3.8, 4) is 0 Å². The first kappa shape index (κ1) is 12.9. The molecule has 17 heavy (non-hydrogen) atoms. The Hall–Kier alpha value is -0.530. The van der Waals surface area contributed by atoms with Crippen LogP contribution in [-0.4, -0.2) is 12.6 Å². The van der Waals surface area contributed by atoms with Gasteiger partial charge in [-0.25, -0.2) is 0 Å². The van der Waals surface area contributed by atoms with Crippen LogP contribution in [0.25, 0.3) is 0 Å². The molecule has 1 saturated heterocycles. The van der Waals surface area contributed by atoms with Gasteiger partial charge in [-0.2, -0.15) is 0 Å². The average Bonchev–Trinajstić information content (AvgIpc) is 2.80. The molecule has 0 radical (unpaired) electrons. The molecule has 2 atom stereocenters. The van der Waals surface area contributed by atoms with E-state index < -0.39 is 0 Å². The molecule has 1 fully saturated rings. The van der Waals surface area contributed by atoms with Gasteiger partial charge in [0.15, 0.2) is 0 Å². The van der Waals surface area contributed by atoms with Crippen LogP contribution in [0.4, 0.5) is 0 Å². The summed E-state index contributed by atoms with van der Waals surface area (Å²) in [6.07, 6.45) is 14.8. The van der Waals surface area contributed by atoms with Gasteiger partial charge in [0.1, 0.15) is 0 Å². The Balaban J connectivity index is 2.08.